The van der Waals surface area contributed by atoms with Crippen LogP contribution in [-0.2, 0) is 6.54 Å². The first-order chi connectivity index (χ1) is 9.15. The number of imidazole rings is 1. The summed E-state index contributed by atoms with van der Waals surface area (Å²) in [7, 11) is 0. The molecule has 3 nitrogen and oxygen atoms in total. The van der Waals surface area contributed by atoms with Gasteiger partial charge in [-0.2, -0.15) is 0 Å². The molecule has 0 aliphatic carbocycles. The van der Waals surface area contributed by atoms with Crippen LogP contribution < -0.4 is 5.73 Å². The lowest BCUT2D eigenvalue weighted by atomic mass is 10.1. The van der Waals surface area contributed by atoms with Crippen LogP contribution in [0.15, 0.2) is 46.9 Å². The predicted molar refractivity (Wildman–Crippen MR) is 82.1 cm³/mol. The van der Waals surface area contributed by atoms with Crippen molar-refractivity contribution in [2.75, 3.05) is 5.73 Å². The van der Waals surface area contributed by atoms with E-state index >= 15 is 0 Å². The van der Waals surface area contributed by atoms with Gasteiger partial charge in [-0.15, -0.1) is 0 Å². The third kappa shape index (κ3) is 2.24. The van der Waals surface area contributed by atoms with Crippen LogP contribution in [0.2, 0.25) is 0 Å². The van der Waals surface area contributed by atoms with Gasteiger partial charge in [-0.05, 0) is 36.2 Å². The molecule has 0 bridgehead atoms. The standard InChI is InChI=1S/C15H14BrN3/c1-10-4-2-3-5-11(10)9-19-14-8-12(16)6-7-13(14)18-15(19)17/h2-8H,9H2,1H3,(H2,17,18). The van der Waals surface area contributed by atoms with Crippen LogP contribution in [0.25, 0.3) is 11.0 Å². The topological polar surface area (TPSA) is 43.8 Å². The number of hydrogen-bond acceptors (Lipinski definition) is 2. The molecule has 1 heterocycles. The van der Waals surface area contributed by atoms with Gasteiger partial charge >= 0.3 is 0 Å². The second kappa shape index (κ2) is 4.70. The summed E-state index contributed by atoms with van der Waals surface area (Å²) < 4.78 is 3.08. The molecule has 2 N–H and O–H groups in total. The number of fused-ring (bicyclic) bond motifs is 1. The third-order valence-corrected chi connectivity index (χ3v) is 3.82. The fourth-order valence-corrected chi connectivity index (χ4v) is 2.59. The molecule has 0 saturated carbocycles. The summed E-state index contributed by atoms with van der Waals surface area (Å²) in [5, 5.41) is 0. The Hall–Kier alpha value is -1.81. The highest BCUT2D eigenvalue weighted by Crippen LogP contribution is 2.23. The van der Waals surface area contributed by atoms with Crippen molar-refractivity contribution in [3.05, 3.63) is 58.1 Å². The summed E-state index contributed by atoms with van der Waals surface area (Å²) in [6.45, 7) is 2.85. The van der Waals surface area contributed by atoms with Crippen LogP contribution >= 0.6 is 15.9 Å². The molecule has 0 spiro atoms. The van der Waals surface area contributed by atoms with Crippen LogP contribution in [0.3, 0.4) is 0 Å². The summed E-state index contributed by atoms with van der Waals surface area (Å²) in [6.07, 6.45) is 0. The molecule has 0 unspecified atom stereocenters. The summed E-state index contributed by atoms with van der Waals surface area (Å²) >= 11 is 3.49. The van der Waals surface area contributed by atoms with Crippen molar-refractivity contribution in [1.29, 1.82) is 0 Å². The molecule has 2 aromatic carbocycles. The molecule has 0 amide bonds. The van der Waals surface area contributed by atoms with Gasteiger partial charge in [-0.25, -0.2) is 4.98 Å². The van der Waals surface area contributed by atoms with E-state index in [0.717, 1.165) is 22.1 Å². The molecule has 19 heavy (non-hydrogen) atoms. The number of aryl methyl sites for hydroxylation is 1. The number of nitrogen functional groups attached to an aromatic ring is 1. The number of nitrogens with zero attached hydrogens (tertiary/aromatic N) is 2. The predicted octanol–water partition coefficient (Wildman–Crippen LogP) is 3.74. The van der Waals surface area contributed by atoms with Crippen LogP contribution in [0.5, 0.6) is 0 Å². The zero-order chi connectivity index (χ0) is 13.4. The van der Waals surface area contributed by atoms with Gasteiger partial charge in [0.05, 0.1) is 17.6 Å². The van der Waals surface area contributed by atoms with E-state index < -0.39 is 0 Å². The van der Waals surface area contributed by atoms with Crippen molar-refractivity contribution in [1.82, 2.24) is 9.55 Å². The zero-order valence-corrected chi connectivity index (χ0v) is 12.2. The lowest BCUT2D eigenvalue weighted by molar-refractivity contribution is 0.832. The smallest absolute Gasteiger partial charge is 0.201 e. The van der Waals surface area contributed by atoms with Crippen molar-refractivity contribution in [2.24, 2.45) is 0 Å². The SMILES string of the molecule is Cc1ccccc1Cn1c(N)nc2ccc(Br)cc21. The highest BCUT2D eigenvalue weighted by molar-refractivity contribution is 9.10. The Bertz CT molecular complexity index is 746. The van der Waals surface area contributed by atoms with Gasteiger partial charge in [0.2, 0.25) is 5.95 Å². The van der Waals surface area contributed by atoms with E-state index in [1.54, 1.807) is 0 Å². The molecule has 0 atom stereocenters. The van der Waals surface area contributed by atoms with Gasteiger partial charge in [0.25, 0.3) is 0 Å². The normalized spacial score (nSPS) is 11.1. The van der Waals surface area contributed by atoms with E-state index in [1.165, 1.54) is 11.1 Å². The van der Waals surface area contributed by atoms with Crippen molar-refractivity contribution in [2.45, 2.75) is 13.5 Å². The summed E-state index contributed by atoms with van der Waals surface area (Å²) in [4.78, 5) is 4.40. The second-order valence-electron chi connectivity index (χ2n) is 4.62. The van der Waals surface area contributed by atoms with E-state index in [-0.39, 0.29) is 0 Å². The Morgan fingerprint density at radius 2 is 2.00 bits per heavy atom. The van der Waals surface area contributed by atoms with Crippen LogP contribution in [0, 0.1) is 6.92 Å². The van der Waals surface area contributed by atoms with Gasteiger partial charge in [-0.3, -0.25) is 0 Å². The van der Waals surface area contributed by atoms with Crippen LogP contribution in [0.4, 0.5) is 5.95 Å². The minimum Gasteiger partial charge on any atom is -0.369 e. The van der Waals surface area contributed by atoms with E-state index in [4.69, 9.17) is 5.73 Å². The van der Waals surface area contributed by atoms with Gasteiger partial charge < -0.3 is 10.3 Å². The first-order valence-electron chi connectivity index (χ1n) is 6.11. The largest absolute Gasteiger partial charge is 0.369 e. The second-order valence-corrected chi connectivity index (χ2v) is 5.53. The quantitative estimate of drug-likeness (QED) is 0.783. The summed E-state index contributed by atoms with van der Waals surface area (Å²) in [6, 6.07) is 14.3. The highest BCUT2D eigenvalue weighted by Gasteiger charge is 2.09. The number of aromatic nitrogens is 2. The number of benzene rings is 2. The maximum atomic E-state index is 6.04. The van der Waals surface area contributed by atoms with Crippen LogP contribution in [0.1, 0.15) is 11.1 Å². The van der Waals surface area contributed by atoms with Gasteiger partial charge in [0.15, 0.2) is 0 Å². The fourth-order valence-electron chi connectivity index (χ4n) is 2.24. The highest BCUT2D eigenvalue weighted by atomic mass is 79.9. The van der Waals surface area contributed by atoms with E-state index in [1.807, 2.05) is 28.8 Å². The number of rotatable bonds is 2. The fraction of sp³-hybridized carbons (Fsp3) is 0.133. The van der Waals surface area contributed by atoms with E-state index in [2.05, 4.69) is 46.0 Å². The average molecular weight is 316 g/mol. The maximum Gasteiger partial charge on any atom is 0.201 e. The molecule has 0 fully saturated rings. The monoisotopic (exact) mass is 315 g/mol. The van der Waals surface area contributed by atoms with Crippen molar-refractivity contribution < 1.29 is 0 Å². The molecule has 3 aromatic rings. The lowest BCUT2D eigenvalue weighted by Gasteiger charge is -2.09. The van der Waals surface area contributed by atoms with E-state index in [9.17, 15) is 0 Å². The number of nitrogens with two attached hydrogens (primary N) is 1. The molecule has 1 aromatic heterocycles. The molecule has 3 rings (SSSR count). The molecule has 0 aliphatic rings. The minimum absolute atomic E-state index is 0.552. The molecular formula is C15H14BrN3. The average Bonchev–Trinajstić information content (AvgIpc) is 2.69. The molecule has 0 radical (unpaired) electrons. The Morgan fingerprint density at radius 3 is 2.79 bits per heavy atom. The van der Waals surface area contributed by atoms with Gasteiger partial charge in [0, 0.05) is 4.47 Å². The van der Waals surface area contributed by atoms with Crippen molar-refractivity contribution >= 4 is 32.9 Å². The molecule has 96 valence electrons. The lowest BCUT2D eigenvalue weighted by Crippen LogP contribution is -2.05. The number of halogens is 1. The number of hydrogen-bond donors (Lipinski definition) is 1. The van der Waals surface area contributed by atoms with E-state index in [0.29, 0.717) is 5.95 Å². The van der Waals surface area contributed by atoms with Gasteiger partial charge in [-0.1, -0.05) is 40.2 Å². The number of anilines is 1. The first-order valence-corrected chi connectivity index (χ1v) is 6.90. The molecule has 4 heteroatoms. The Labute approximate surface area is 120 Å². The van der Waals surface area contributed by atoms with Gasteiger partial charge in [0.1, 0.15) is 0 Å². The minimum atomic E-state index is 0.552. The Kier molecular flexibility index (Phi) is 3.03. The van der Waals surface area contributed by atoms with Crippen molar-refractivity contribution in [3.63, 3.8) is 0 Å². The molecular weight excluding hydrogens is 302 g/mol. The van der Waals surface area contributed by atoms with Crippen LogP contribution in [-0.4, -0.2) is 9.55 Å². The third-order valence-electron chi connectivity index (χ3n) is 3.33. The summed E-state index contributed by atoms with van der Waals surface area (Å²) in [5.41, 5.74) is 10.5. The molecule has 0 aliphatic heterocycles. The zero-order valence-electron chi connectivity index (χ0n) is 10.6. The Balaban J connectivity index is 2.12. The first kappa shape index (κ1) is 12.2. The molecule has 0 saturated heterocycles. The van der Waals surface area contributed by atoms with Crippen molar-refractivity contribution in [3.8, 4) is 0 Å². The summed E-state index contributed by atoms with van der Waals surface area (Å²) in [5.74, 6) is 0.552. The maximum absolute atomic E-state index is 6.04. The Morgan fingerprint density at radius 1 is 1.21 bits per heavy atom.